The minimum absolute atomic E-state index is 0.193. The highest BCUT2D eigenvalue weighted by Crippen LogP contribution is 2.30. The van der Waals surface area contributed by atoms with Crippen LogP contribution in [0.1, 0.15) is 11.1 Å². The molecule has 0 radical (unpaired) electrons. The van der Waals surface area contributed by atoms with Crippen molar-refractivity contribution >= 4 is 16.9 Å². The molecule has 0 unspecified atom stereocenters. The van der Waals surface area contributed by atoms with Gasteiger partial charge in [-0.25, -0.2) is 4.79 Å². The van der Waals surface area contributed by atoms with Crippen molar-refractivity contribution in [1.29, 1.82) is 0 Å². The van der Waals surface area contributed by atoms with Crippen LogP contribution in [0.5, 0.6) is 0 Å². The van der Waals surface area contributed by atoms with Crippen molar-refractivity contribution in [3.63, 3.8) is 0 Å². The maximum absolute atomic E-state index is 12.6. The Kier molecular flexibility index (Phi) is 5.63. The van der Waals surface area contributed by atoms with E-state index in [-0.39, 0.29) is 10.9 Å². The number of aliphatic hydroxyl groups is 1. The van der Waals surface area contributed by atoms with Crippen LogP contribution in [-0.2, 0) is 26.0 Å². The molecule has 116 valence electrons. The first-order chi connectivity index (χ1) is 10.5. The summed E-state index contributed by atoms with van der Waals surface area (Å²) < 4.78 is 5.34. The first kappa shape index (κ1) is 16.6. The highest BCUT2D eigenvalue weighted by atomic mass is 32.2. The van der Waals surface area contributed by atoms with Gasteiger partial charge in [0.25, 0.3) is 0 Å². The molecule has 0 aliphatic carbocycles. The lowest BCUT2D eigenvalue weighted by Crippen LogP contribution is -2.39. The third kappa shape index (κ3) is 3.70. The van der Waals surface area contributed by atoms with Gasteiger partial charge in [-0.2, -0.15) is 0 Å². The van der Waals surface area contributed by atoms with Crippen LogP contribution < -0.4 is 0 Å². The number of carbonyl (C=O) groups is 1. The normalized spacial score (nSPS) is 11.5. The molecule has 0 bridgehead atoms. The molecule has 2 aromatic rings. The van der Waals surface area contributed by atoms with E-state index in [1.807, 2.05) is 12.1 Å². The Bertz CT molecular complexity index is 557. The zero-order valence-electron chi connectivity index (χ0n) is 12.9. The number of ether oxygens (including phenoxy) is 1. The van der Waals surface area contributed by atoms with Gasteiger partial charge < -0.3 is 9.84 Å². The van der Waals surface area contributed by atoms with Gasteiger partial charge in [0.2, 0.25) is 5.60 Å². The van der Waals surface area contributed by atoms with E-state index in [0.717, 1.165) is 5.75 Å². The van der Waals surface area contributed by atoms with Crippen molar-refractivity contribution in [2.45, 2.75) is 5.60 Å². The largest absolute Gasteiger partial charge is 0.458 e. The molecule has 0 spiro atoms. The molecule has 1 N–H and O–H groups in total. The summed E-state index contributed by atoms with van der Waals surface area (Å²) in [5, 5.41) is 11.1. The van der Waals surface area contributed by atoms with Gasteiger partial charge in [0.05, 0.1) is 12.5 Å². The van der Waals surface area contributed by atoms with Gasteiger partial charge in [-0.1, -0.05) is 60.7 Å². The van der Waals surface area contributed by atoms with Gasteiger partial charge in [0, 0.05) is 0 Å². The number of carbonyl (C=O) groups excluding carboxylic acids is 1. The summed E-state index contributed by atoms with van der Waals surface area (Å²) in [5.74, 6) is 0.168. The van der Waals surface area contributed by atoms with Gasteiger partial charge in [0.15, 0.2) is 0 Å². The molecule has 4 heteroatoms. The van der Waals surface area contributed by atoms with E-state index in [2.05, 4.69) is 12.5 Å². The molecule has 0 saturated heterocycles. The lowest BCUT2D eigenvalue weighted by atomic mass is 9.86. The zero-order valence-corrected chi connectivity index (χ0v) is 13.7. The summed E-state index contributed by atoms with van der Waals surface area (Å²) in [6, 6.07) is 17.8. The van der Waals surface area contributed by atoms with Crippen LogP contribution in [0.25, 0.3) is 0 Å². The van der Waals surface area contributed by atoms with Crippen molar-refractivity contribution in [3.8, 4) is 0 Å². The fourth-order valence-corrected chi connectivity index (χ4v) is 2.58. The minimum Gasteiger partial charge on any atom is -0.458 e. The molecule has 0 aliphatic rings. The molecule has 3 nitrogen and oxygen atoms in total. The molecular formula is C18H21O3S+. The average Bonchev–Trinajstić information content (AvgIpc) is 2.55. The Labute approximate surface area is 134 Å². The molecule has 0 aliphatic heterocycles. The van der Waals surface area contributed by atoms with Crippen LogP contribution in [-0.4, -0.2) is 35.9 Å². The first-order valence-corrected chi connectivity index (χ1v) is 9.31. The Morgan fingerprint density at radius 2 is 1.45 bits per heavy atom. The lowest BCUT2D eigenvalue weighted by molar-refractivity contribution is -0.161. The molecule has 2 rings (SSSR count). The fraction of sp³-hybridized carbons (Fsp3) is 0.278. The van der Waals surface area contributed by atoms with Crippen LogP contribution in [0, 0.1) is 0 Å². The molecule has 0 atom stereocenters. The maximum Gasteiger partial charge on any atom is 0.347 e. The van der Waals surface area contributed by atoms with Crippen molar-refractivity contribution in [1.82, 2.24) is 0 Å². The van der Waals surface area contributed by atoms with Crippen LogP contribution in [0.3, 0.4) is 0 Å². The number of rotatable bonds is 6. The standard InChI is InChI=1S/C18H21O3S/c1-22(2)14-13-21-17(19)18(20,15-9-5-3-6-10-15)16-11-7-4-8-12-16/h3-12,20H,13-14H2,1-2H3/q+1. The van der Waals surface area contributed by atoms with E-state index in [1.54, 1.807) is 48.5 Å². The quantitative estimate of drug-likeness (QED) is 0.657. The summed E-state index contributed by atoms with van der Waals surface area (Å²) in [5.41, 5.74) is -0.751. The summed E-state index contributed by atoms with van der Waals surface area (Å²) >= 11 is 0. The van der Waals surface area contributed by atoms with Gasteiger partial charge >= 0.3 is 5.97 Å². The minimum atomic E-state index is -1.78. The van der Waals surface area contributed by atoms with E-state index in [9.17, 15) is 9.90 Å². The Balaban J connectivity index is 2.32. The van der Waals surface area contributed by atoms with Crippen molar-refractivity contribution < 1.29 is 14.6 Å². The van der Waals surface area contributed by atoms with Crippen molar-refractivity contribution in [2.24, 2.45) is 0 Å². The number of hydrogen-bond donors (Lipinski definition) is 1. The Hall–Kier alpha value is -1.78. The number of hydrogen-bond acceptors (Lipinski definition) is 3. The van der Waals surface area contributed by atoms with E-state index in [0.29, 0.717) is 17.7 Å². The predicted octanol–water partition coefficient (Wildman–Crippen LogP) is 2.34. The number of benzene rings is 2. The lowest BCUT2D eigenvalue weighted by Gasteiger charge is -2.26. The Morgan fingerprint density at radius 1 is 1.00 bits per heavy atom. The molecule has 0 saturated carbocycles. The Morgan fingerprint density at radius 3 is 1.86 bits per heavy atom. The number of esters is 1. The summed E-state index contributed by atoms with van der Waals surface area (Å²) in [4.78, 5) is 12.6. The summed E-state index contributed by atoms with van der Waals surface area (Å²) in [7, 11) is 0.193. The molecule has 0 fully saturated rings. The van der Waals surface area contributed by atoms with Crippen LogP contribution >= 0.6 is 0 Å². The monoisotopic (exact) mass is 317 g/mol. The SMILES string of the molecule is C[S+](C)CCOC(=O)C(O)(c1ccccc1)c1ccccc1. The second kappa shape index (κ2) is 7.47. The van der Waals surface area contributed by atoms with Crippen LogP contribution in [0.2, 0.25) is 0 Å². The highest BCUT2D eigenvalue weighted by Gasteiger charge is 2.41. The van der Waals surface area contributed by atoms with E-state index in [1.165, 1.54) is 0 Å². The van der Waals surface area contributed by atoms with Crippen molar-refractivity contribution in [3.05, 3.63) is 71.8 Å². The van der Waals surface area contributed by atoms with Crippen LogP contribution in [0.15, 0.2) is 60.7 Å². The second-order valence-corrected chi connectivity index (χ2v) is 7.65. The second-order valence-electron chi connectivity index (χ2n) is 5.27. The van der Waals surface area contributed by atoms with E-state index >= 15 is 0 Å². The fourth-order valence-electron chi connectivity index (χ4n) is 2.17. The molecule has 0 heterocycles. The van der Waals surface area contributed by atoms with Gasteiger partial charge in [0.1, 0.15) is 12.4 Å². The molecule has 2 aromatic carbocycles. The topological polar surface area (TPSA) is 46.5 Å². The van der Waals surface area contributed by atoms with Gasteiger partial charge in [-0.3, -0.25) is 0 Å². The third-order valence-corrected chi connectivity index (χ3v) is 4.39. The molecular weight excluding hydrogens is 296 g/mol. The summed E-state index contributed by atoms with van der Waals surface area (Å²) in [6.45, 7) is 0.316. The van der Waals surface area contributed by atoms with E-state index in [4.69, 9.17) is 4.74 Å². The molecule has 0 amide bonds. The average molecular weight is 317 g/mol. The van der Waals surface area contributed by atoms with Crippen molar-refractivity contribution in [2.75, 3.05) is 24.9 Å². The van der Waals surface area contributed by atoms with Gasteiger partial charge in [-0.05, 0) is 22.0 Å². The highest BCUT2D eigenvalue weighted by molar-refractivity contribution is 7.95. The zero-order chi connectivity index (χ0) is 16.0. The van der Waals surface area contributed by atoms with Gasteiger partial charge in [-0.15, -0.1) is 0 Å². The predicted molar refractivity (Wildman–Crippen MR) is 90.9 cm³/mol. The molecule has 22 heavy (non-hydrogen) atoms. The summed E-state index contributed by atoms with van der Waals surface area (Å²) in [6.07, 6.45) is 4.18. The molecule has 0 aromatic heterocycles. The smallest absolute Gasteiger partial charge is 0.347 e. The third-order valence-electron chi connectivity index (χ3n) is 3.40. The van der Waals surface area contributed by atoms with E-state index < -0.39 is 11.6 Å². The van der Waals surface area contributed by atoms with Crippen LogP contribution in [0.4, 0.5) is 0 Å². The maximum atomic E-state index is 12.6. The first-order valence-electron chi connectivity index (χ1n) is 7.10.